The summed E-state index contributed by atoms with van der Waals surface area (Å²) in [5, 5.41) is 2.73. The van der Waals surface area contributed by atoms with Crippen LogP contribution in [-0.2, 0) is 16.0 Å². The first-order valence-corrected chi connectivity index (χ1v) is 8.31. The molecule has 2 aromatic carbocycles. The summed E-state index contributed by atoms with van der Waals surface area (Å²) in [6, 6.07) is 12.3. The molecule has 0 aliphatic heterocycles. The molecule has 2 aromatic rings. The molecule has 0 aliphatic carbocycles. The summed E-state index contributed by atoms with van der Waals surface area (Å²) < 4.78 is 15.5. The van der Waals surface area contributed by atoms with Gasteiger partial charge in [-0.1, -0.05) is 19.1 Å². The van der Waals surface area contributed by atoms with E-state index in [4.69, 9.17) is 14.2 Å². The Kier molecular flexibility index (Phi) is 6.60. The van der Waals surface area contributed by atoms with Crippen molar-refractivity contribution in [1.29, 1.82) is 0 Å². The number of carbonyl (C=O) groups excluding carboxylic acids is 2. The molecule has 138 valence electrons. The molecule has 0 radical (unpaired) electrons. The first-order valence-electron chi connectivity index (χ1n) is 8.31. The third kappa shape index (κ3) is 4.75. The number of amides is 1. The lowest BCUT2D eigenvalue weighted by molar-refractivity contribution is -0.123. The van der Waals surface area contributed by atoms with Crippen molar-refractivity contribution < 1.29 is 23.8 Å². The Morgan fingerprint density at radius 2 is 1.73 bits per heavy atom. The molecule has 1 atom stereocenters. The molecule has 0 fully saturated rings. The van der Waals surface area contributed by atoms with Gasteiger partial charge in [-0.15, -0.1) is 0 Å². The average molecular weight is 357 g/mol. The third-order valence-electron chi connectivity index (χ3n) is 3.91. The summed E-state index contributed by atoms with van der Waals surface area (Å²) in [6.45, 7) is 3.58. The van der Waals surface area contributed by atoms with Crippen LogP contribution in [0, 0.1) is 0 Å². The molecule has 1 N–H and O–H groups in total. The van der Waals surface area contributed by atoms with Crippen LogP contribution in [0.2, 0.25) is 0 Å². The highest BCUT2D eigenvalue weighted by molar-refractivity contribution is 5.98. The van der Waals surface area contributed by atoms with Gasteiger partial charge in [0.15, 0.2) is 6.10 Å². The van der Waals surface area contributed by atoms with Crippen LogP contribution in [0.15, 0.2) is 42.5 Å². The lowest BCUT2D eigenvalue weighted by Gasteiger charge is -2.15. The minimum Gasteiger partial charge on any atom is -0.497 e. The zero-order valence-corrected chi connectivity index (χ0v) is 15.4. The van der Waals surface area contributed by atoms with E-state index in [1.165, 1.54) is 32.8 Å². The molecule has 0 heterocycles. The summed E-state index contributed by atoms with van der Waals surface area (Å²) in [5.41, 5.74) is 2.05. The standard InChI is InChI=1S/C20H23NO5/c1-5-14-6-8-15(9-7-14)21-19(22)13(2)26-20(23)17-11-10-16(24-3)12-18(17)25-4/h6-13H,5H2,1-4H3,(H,21,22)/t13-/m0/s1. The third-order valence-corrected chi connectivity index (χ3v) is 3.91. The largest absolute Gasteiger partial charge is 0.497 e. The SMILES string of the molecule is CCc1ccc(NC(=O)[C@H](C)OC(=O)c2ccc(OC)cc2OC)cc1. The molecule has 0 saturated heterocycles. The maximum Gasteiger partial charge on any atom is 0.342 e. The number of ether oxygens (including phenoxy) is 3. The second-order valence-corrected chi connectivity index (χ2v) is 5.65. The predicted molar refractivity (Wildman–Crippen MR) is 98.9 cm³/mol. The number of nitrogens with one attached hydrogen (secondary N) is 1. The van der Waals surface area contributed by atoms with Crippen molar-refractivity contribution in [2.75, 3.05) is 19.5 Å². The Morgan fingerprint density at radius 1 is 1.04 bits per heavy atom. The first-order chi connectivity index (χ1) is 12.5. The van der Waals surface area contributed by atoms with Crippen LogP contribution >= 0.6 is 0 Å². The summed E-state index contributed by atoms with van der Waals surface area (Å²) in [5.74, 6) is -0.180. The smallest absolute Gasteiger partial charge is 0.342 e. The Balaban J connectivity index is 2.02. The summed E-state index contributed by atoms with van der Waals surface area (Å²) in [7, 11) is 2.97. The van der Waals surface area contributed by atoms with Crippen LogP contribution in [0.25, 0.3) is 0 Å². The zero-order valence-electron chi connectivity index (χ0n) is 15.4. The van der Waals surface area contributed by atoms with Crippen LogP contribution in [0.5, 0.6) is 11.5 Å². The summed E-state index contributed by atoms with van der Waals surface area (Å²) in [6.07, 6.45) is -0.0356. The maximum absolute atomic E-state index is 12.4. The van der Waals surface area contributed by atoms with Gasteiger partial charge in [-0.05, 0) is 43.2 Å². The van der Waals surface area contributed by atoms with E-state index in [-0.39, 0.29) is 5.56 Å². The van der Waals surface area contributed by atoms with E-state index in [1.54, 1.807) is 12.1 Å². The number of methoxy groups -OCH3 is 2. The fourth-order valence-corrected chi connectivity index (χ4v) is 2.31. The van der Waals surface area contributed by atoms with Gasteiger partial charge in [0.05, 0.1) is 14.2 Å². The lowest BCUT2D eigenvalue weighted by Crippen LogP contribution is -2.30. The molecule has 2 rings (SSSR count). The molecular formula is C20H23NO5. The maximum atomic E-state index is 12.4. The van der Waals surface area contributed by atoms with Gasteiger partial charge in [-0.25, -0.2) is 4.79 Å². The molecule has 1 amide bonds. The molecule has 6 heteroatoms. The minimum atomic E-state index is -0.958. The number of hydrogen-bond acceptors (Lipinski definition) is 5. The second kappa shape index (κ2) is 8.89. The number of esters is 1. The van der Waals surface area contributed by atoms with E-state index in [0.29, 0.717) is 17.2 Å². The Labute approximate surface area is 153 Å². The van der Waals surface area contributed by atoms with Crippen molar-refractivity contribution in [3.05, 3.63) is 53.6 Å². The number of benzene rings is 2. The molecule has 26 heavy (non-hydrogen) atoms. The van der Waals surface area contributed by atoms with E-state index in [2.05, 4.69) is 12.2 Å². The average Bonchev–Trinajstić information content (AvgIpc) is 2.67. The van der Waals surface area contributed by atoms with Gasteiger partial charge in [0.25, 0.3) is 5.91 Å². The van der Waals surface area contributed by atoms with Gasteiger partial charge in [-0.3, -0.25) is 4.79 Å². The Bertz CT molecular complexity index is 770. The van der Waals surface area contributed by atoms with Crippen LogP contribution in [0.1, 0.15) is 29.8 Å². The van der Waals surface area contributed by atoms with Crippen molar-refractivity contribution in [3.8, 4) is 11.5 Å². The van der Waals surface area contributed by atoms with Gasteiger partial charge in [0, 0.05) is 11.8 Å². The predicted octanol–water partition coefficient (Wildman–Crippen LogP) is 3.45. The van der Waals surface area contributed by atoms with Gasteiger partial charge < -0.3 is 19.5 Å². The van der Waals surface area contributed by atoms with E-state index >= 15 is 0 Å². The summed E-state index contributed by atoms with van der Waals surface area (Å²) >= 11 is 0. The second-order valence-electron chi connectivity index (χ2n) is 5.65. The van der Waals surface area contributed by atoms with Gasteiger partial charge >= 0.3 is 5.97 Å². The Hall–Kier alpha value is -3.02. The number of hydrogen-bond donors (Lipinski definition) is 1. The van der Waals surface area contributed by atoms with Crippen molar-refractivity contribution in [3.63, 3.8) is 0 Å². The van der Waals surface area contributed by atoms with Gasteiger partial charge in [-0.2, -0.15) is 0 Å². The van der Waals surface area contributed by atoms with Gasteiger partial charge in [0.2, 0.25) is 0 Å². The van der Waals surface area contributed by atoms with Crippen LogP contribution in [-0.4, -0.2) is 32.2 Å². The highest BCUT2D eigenvalue weighted by Crippen LogP contribution is 2.25. The van der Waals surface area contributed by atoms with E-state index < -0.39 is 18.0 Å². The molecule has 0 aromatic heterocycles. The first kappa shape index (κ1) is 19.3. The zero-order chi connectivity index (χ0) is 19.1. The monoisotopic (exact) mass is 357 g/mol. The van der Waals surface area contributed by atoms with Crippen LogP contribution < -0.4 is 14.8 Å². The van der Waals surface area contributed by atoms with E-state index in [1.807, 2.05) is 24.3 Å². The number of rotatable bonds is 7. The quantitative estimate of drug-likeness (QED) is 0.768. The van der Waals surface area contributed by atoms with Crippen molar-refractivity contribution in [2.45, 2.75) is 26.4 Å². The van der Waals surface area contributed by atoms with E-state index in [9.17, 15) is 9.59 Å². The summed E-state index contributed by atoms with van der Waals surface area (Å²) in [4.78, 5) is 24.6. The highest BCUT2D eigenvalue weighted by atomic mass is 16.5. The Morgan fingerprint density at radius 3 is 2.31 bits per heavy atom. The normalized spacial score (nSPS) is 11.4. The number of aryl methyl sites for hydroxylation is 1. The molecule has 0 unspecified atom stereocenters. The molecular weight excluding hydrogens is 334 g/mol. The van der Waals surface area contributed by atoms with Crippen LogP contribution in [0.3, 0.4) is 0 Å². The molecule has 0 saturated carbocycles. The molecule has 0 aliphatic rings. The van der Waals surface area contributed by atoms with Crippen LogP contribution in [0.4, 0.5) is 5.69 Å². The molecule has 0 bridgehead atoms. The van der Waals surface area contributed by atoms with Crippen molar-refractivity contribution >= 4 is 17.6 Å². The lowest BCUT2D eigenvalue weighted by atomic mass is 10.1. The van der Waals surface area contributed by atoms with Crippen molar-refractivity contribution in [2.24, 2.45) is 0 Å². The minimum absolute atomic E-state index is 0.222. The highest BCUT2D eigenvalue weighted by Gasteiger charge is 2.22. The molecule has 0 spiro atoms. The van der Waals surface area contributed by atoms with E-state index in [0.717, 1.165) is 6.42 Å². The molecule has 6 nitrogen and oxygen atoms in total. The topological polar surface area (TPSA) is 73.9 Å². The van der Waals surface area contributed by atoms with Gasteiger partial charge in [0.1, 0.15) is 17.1 Å². The fraction of sp³-hybridized carbons (Fsp3) is 0.300. The number of anilines is 1. The fourth-order valence-electron chi connectivity index (χ4n) is 2.31. The van der Waals surface area contributed by atoms with Crippen molar-refractivity contribution in [1.82, 2.24) is 0 Å². The number of carbonyl (C=O) groups is 2.